The van der Waals surface area contributed by atoms with Crippen LogP contribution in [0.5, 0.6) is 0 Å². The summed E-state index contributed by atoms with van der Waals surface area (Å²) >= 11 is 0. The van der Waals surface area contributed by atoms with Crippen LogP contribution in [0.25, 0.3) is 16.8 Å². The number of H-pyrrole nitrogens is 1. The average Bonchev–Trinajstić information content (AvgIpc) is 3.00. The maximum atomic E-state index is 12.3. The number of benzene rings is 2. The van der Waals surface area contributed by atoms with Gasteiger partial charge in [0.1, 0.15) is 5.52 Å². The van der Waals surface area contributed by atoms with Gasteiger partial charge in [-0.1, -0.05) is 36.4 Å². The molecular weight excluding hydrogens is 386 g/mol. The lowest BCUT2D eigenvalue weighted by Gasteiger charge is -2.13. The van der Waals surface area contributed by atoms with Crippen molar-refractivity contribution in [3.8, 4) is 11.3 Å². The van der Waals surface area contributed by atoms with Crippen molar-refractivity contribution in [2.45, 2.75) is 13.3 Å². The summed E-state index contributed by atoms with van der Waals surface area (Å²) in [5.41, 5.74) is 5.65. The SMILES string of the molecule is Cc1cc(-c2cc(NS(C)(=O)=O)ccc2Cc2ccccc2)n2cc[nH]c(=O)c12. The van der Waals surface area contributed by atoms with Gasteiger partial charge in [-0.3, -0.25) is 9.52 Å². The fraction of sp³-hybridized carbons (Fsp3) is 0.136. The molecule has 2 N–H and O–H groups in total. The van der Waals surface area contributed by atoms with Crippen LogP contribution in [0.4, 0.5) is 5.69 Å². The Morgan fingerprint density at radius 2 is 1.83 bits per heavy atom. The fourth-order valence-electron chi connectivity index (χ4n) is 3.62. The van der Waals surface area contributed by atoms with E-state index in [2.05, 4.69) is 21.8 Å². The van der Waals surface area contributed by atoms with Crippen molar-refractivity contribution in [3.05, 3.63) is 94.0 Å². The van der Waals surface area contributed by atoms with Crippen LogP contribution in [0.3, 0.4) is 0 Å². The van der Waals surface area contributed by atoms with Gasteiger partial charge < -0.3 is 9.38 Å². The molecule has 2 aromatic heterocycles. The van der Waals surface area contributed by atoms with E-state index < -0.39 is 10.0 Å². The largest absolute Gasteiger partial charge is 0.326 e. The van der Waals surface area contributed by atoms with Gasteiger partial charge in [0.25, 0.3) is 5.56 Å². The Morgan fingerprint density at radius 3 is 2.55 bits per heavy atom. The number of rotatable bonds is 5. The van der Waals surface area contributed by atoms with Gasteiger partial charge in [0.05, 0.1) is 11.9 Å². The quantitative estimate of drug-likeness (QED) is 0.531. The van der Waals surface area contributed by atoms with E-state index >= 15 is 0 Å². The number of aromatic nitrogens is 2. The van der Waals surface area contributed by atoms with Crippen LogP contribution in [-0.4, -0.2) is 24.1 Å². The van der Waals surface area contributed by atoms with Gasteiger partial charge in [0.2, 0.25) is 10.0 Å². The first-order valence-corrected chi connectivity index (χ1v) is 11.1. The molecule has 2 heterocycles. The second-order valence-electron chi connectivity index (χ2n) is 7.13. The predicted octanol–water partition coefficient (Wildman–Crippen LogP) is 3.57. The molecule has 6 nitrogen and oxygen atoms in total. The lowest BCUT2D eigenvalue weighted by atomic mass is 9.97. The van der Waals surface area contributed by atoms with Crippen LogP contribution in [0.1, 0.15) is 16.7 Å². The Hall–Kier alpha value is -3.32. The molecule has 7 heteroatoms. The Kier molecular flexibility index (Phi) is 4.76. The van der Waals surface area contributed by atoms with Gasteiger partial charge in [0.15, 0.2) is 0 Å². The minimum Gasteiger partial charge on any atom is -0.326 e. The summed E-state index contributed by atoms with van der Waals surface area (Å²) in [6, 6.07) is 17.5. The van der Waals surface area contributed by atoms with Crippen molar-refractivity contribution < 1.29 is 8.42 Å². The maximum Gasteiger partial charge on any atom is 0.272 e. The zero-order valence-electron chi connectivity index (χ0n) is 16.1. The van der Waals surface area contributed by atoms with Crippen molar-refractivity contribution in [2.24, 2.45) is 0 Å². The van der Waals surface area contributed by atoms with Crippen molar-refractivity contribution >= 4 is 21.2 Å². The summed E-state index contributed by atoms with van der Waals surface area (Å²) in [5, 5.41) is 0. The van der Waals surface area contributed by atoms with E-state index in [1.165, 1.54) is 0 Å². The molecule has 0 radical (unpaired) electrons. The monoisotopic (exact) mass is 407 g/mol. The molecular formula is C22H21N3O3S. The van der Waals surface area contributed by atoms with Crippen molar-refractivity contribution in [1.29, 1.82) is 0 Å². The average molecular weight is 407 g/mol. The molecule has 4 aromatic rings. The highest BCUT2D eigenvalue weighted by molar-refractivity contribution is 7.92. The minimum absolute atomic E-state index is 0.161. The Balaban J connectivity index is 1.93. The first-order valence-electron chi connectivity index (χ1n) is 9.16. The molecule has 0 aliphatic heterocycles. The smallest absolute Gasteiger partial charge is 0.272 e. The van der Waals surface area contributed by atoms with Crippen LogP contribution >= 0.6 is 0 Å². The molecule has 4 rings (SSSR count). The van der Waals surface area contributed by atoms with E-state index in [0.717, 1.165) is 34.2 Å². The molecule has 0 unspecified atom stereocenters. The number of fused-ring (bicyclic) bond motifs is 1. The second kappa shape index (κ2) is 7.25. The Morgan fingerprint density at radius 1 is 1.07 bits per heavy atom. The number of anilines is 1. The molecule has 0 amide bonds. The summed E-state index contributed by atoms with van der Waals surface area (Å²) in [5.74, 6) is 0. The van der Waals surface area contributed by atoms with Crippen molar-refractivity contribution in [2.75, 3.05) is 11.0 Å². The van der Waals surface area contributed by atoms with Gasteiger partial charge in [-0.25, -0.2) is 8.42 Å². The number of hydrogen-bond acceptors (Lipinski definition) is 3. The normalized spacial score (nSPS) is 11.7. The van der Waals surface area contributed by atoms with Gasteiger partial charge in [-0.15, -0.1) is 0 Å². The first-order chi connectivity index (χ1) is 13.8. The third-order valence-corrected chi connectivity index (χ3v) is 5.41. The first kappa shape index (κ1) is 19.0. The number of nitrogens with zero attached hydrogens (tertiary/aromatic N) is 1. The van der Waals surface area contributed by atoms with E-state index in [-0.39, 0.29) is 5.56 Å². The number of aromatic amines is 1. The van der Waals surface area contributed by atoms with E-state index in [9.17, 15) is 13.2 Å². The van der Waals surface area contributed by atoms with Gasteiger partial charge in [-0.05, 0) is 48.2 Å². The number of nitrogens with one attached hydrogen (secondary N) is 2. The molecule has 0 aliphatic carbocycles. The highest BCUT2D eigenvalue weighted by Crippen LogP contribution is 2.31. The fourth-order valence-corrected chi connectivity index (χ4v) is 4.18. The van der Waals surface area contributed by atoms with E-state index in [0.29, 0.717) is 17.6 Å². The second-order valence-corrected chi connectivity index (χ2v) is 8.88. The number of sulfonamides is 1. The van der Waals surface area contributed by atoms with Gasteiger partial charge in [-0.2, -0.15) is 0 Å². The highest BCUT2D eigenvalue weighted by Gasteiger charge is 2.15. The molecule has 29 heavy (non-hydrogen) atoms. The predicted molar refractivity (Wildman–Crippen MR) is 116 cm³/mol. The third kappa shape index (κ3) is 3.95. The molecule has 0 aliphatic rings. The molecule has 0 saturated heterocycles. The summed E-state index contributed by atoms with van der Waals surface area (Å²) in [6.07, 6.45) is 5.22. The maximum absolute atomic E-state index is 12.3. The number of aryl methyl sites for hydroxylation is 1. The van der Waals surface area contributed by atoms with Crippen LogP contribution in [-0.2, 0) is 16.4 Å². The topological polar surface area (TPSA) is 83.4 Å². The minimum atomic E-state index is -3.40. The summed E-state index contributed by atoms with van der Waals surface area (Å²) in [6.45, 7) is 1.89. The van der Waals surface area contributed by atoms with E-state index in [1.807, 2.05) is 53.9 Å². The molecule has 0 saturated carbocycles. The zero-order valence-corrected chi connectivity index (χ0v) is 17.0. The van der Waals surface area contributed by atoms with Gasteiger partial charge >= 0.3 is 0 Å². The Bertz CT molecular complexity index is 1350. The molecule has 0 fully saturated rings. The van der Waals surface area contributed by atoms with Crippen LogP contribution in [0.2, 0.25) is 0 Å². The lowest BCUT2D eigenvalue weighted by Crippen LogP contribution is -2.10. The van der Waals surface area contributed by atoms with Crippen molar-refractivity contribution in [3.63, 3.8) is 0 Å². The molecule has 148 valence electrons. The van der Waals surface area contributed by atoms with Gasteiger partial charge in [0, 0.05) is 23.6 Å². The van der Waals surface area contributed by atoms with Crippen LogP contribution in [0, 0.1) is 6.92 Å². The zero-order chi connectivity index (χ0) is 20.6. The highest BCUT2D eigenvalue weighted by atomic mass is 32.2. The van der Waals surface area contributed by atoms with E-state index in [1.54, 1.807) is 12.3 Å². The molecule has 0 atom stereocenters. The molecule has 0 bridgehead atoms. The summed E-state index contributed by atoms with van der Waals surface area (Å²) < 4.78 is 27.8. The third-order valence-electron chi connectivity index (χ3n) is 4.81. The van der Waals surface area contributed by atoms with Crippen molar-refractivity contribution in [1.82, 2.24) is 9.38 Å². The number of hydrogen-bond donors (Lipinski definition) is 2. The van der Waals surface area contributed by atoms with Crippen LogP contribution < -0.4 is 10.3 Å². The lowest BCUT2D eigenvalue weighted by molar-refractivity contribution is 0.607. The Labute approximate surface area is 168 Å². The summed E-state index contributed by atoms with van der Waals surface area (Å²) in [7, 11) is -3.40. The van der Waals surface area contributed by atoms with E-state index in [4.69, 9.17) is 0 Å². The molecule has 0 spiro atoms. The summed E-state index contributed by atoms with van der Waals surface area (Å²) in [4.78, 5) is 15.0. The standard InChI is InChI=1S/C22H21N3O3S/c1-15-12-20(25-11-10-23-22(26)21(15)25)19-14-18(24-29(2,27)28)9-8-17(19)13-16-6-4-3-5-7-16/h3-12,14,24H,13H2,1-2H3,(H,23,26). The molecule has 2 aromatic carbocycles. The van der Waals surface area contributed by atoms with Crippen LogP contribution in [0.15, 0.2) is 71.8 Å².